The van der Waals surface area contributed by atoms with E-state index in [2.05, 4.69) is 39.0 Å². The van der Waals surface area contributed by atoms with Crippen molar-refractivity contribution in [2.75, 3.05) is 13.2 Å². The summed E-state index contributed by atoms with van der Waals surface area (Å²) in [5.74, 6) is 1.03. The minimum absolute atomic E-state index is 0.114. The SMILES string of the molecule is CC[C@H]1O[C@H](c2ccc(Cl)c(Cc3ccc(OCCOC4CC4)cc3)c2)[C@H](OC(C)=O)[C@@H](C)[C@@H]1C. The van der Waals surface area contributed by atoms with Crippen LogP contribution >= 0.6 is 11.6 Å². The number of carbonyl (C=O) groups is 1. The van der Waals surface area contributed by atoms with Crippen LogP contribution in [0.4, 0.5) is 0 Å². The summed E-state index contributed by atoms with van der Waals surface area (Å²) in [7, 11) is 0. The summed E-state index contributed by atoms with van der Waals surface area (Å²) in [6.07, 6.45) is 3.86. The van der Waals surface area contributed by atoms with E-state index >= 15 is 0 Å². The van der Waals surface area contributed by atoms with Gasteiger partial charge in [0.25, 0.3) is 0 Å². The molecule has 5 atom stereocenters. The van der Waals surface area contributed by atoms with E-state index in [-0.39, 0.29) is 30.2 Å². The molecule has 0 amide bonds. The quantitative estimate of drug-likeness (QED) is 0.274. The Morgan fingerprint density at radius 1 is 1.06 bits per heavy atom. The Morgan fingerprint density at radius 2 is 1.80 bits per heavy atom. The molecule has 1 saturated carbocycles. The topological polar surface area (TPSA) is 54.0 Å². The van der Waals surface area contributed by atoms with Crippen molar-refractivity contribution in [3.8, 4) is 5.75 Å². The summed E-state index contributed by atoms with van der Waals surface area (Å²) in [5, 5.41) is 0.708. The van der Waals surface area contributed by atoms with Crippen LogP contribution in [0.5, 0.6) is 5.75 Å². The lowest BCUT2D eigenvalue weighted by Crippen LogP contribution is -2.46. The third-order valence-corrected chi connectivity index (χ3v) is 7.57. The predicted octanol–water partition coefficient (Wildman–Crippen LogP) is 6.54. The van der Waals surface area contributed by atoms with Crippen LogP contribution in [0.1, 0.15) is 69.8 Å². The van der Waals surface area contributed by atoms with Crippen LogP contribution in [0.15, 0.2) is 42.5 Å². The molecule has 2 aromatic rings. The lowest BCUT2D eigenvalue weighted by molar-refractivity contribution is -0.196. The molecule has 0 spiro atoms. The first-order chi connectivity index (χ1) is 16.9. The Balaban J connectivity index is 1.46. The van der Waals surface area contributed by atoms with Crippen LogP contribution in [-0.4, -0.2) is 37.5 Å². The van der Waals surface area contributed by atoms with Crippen molar-refractivity contribution in [1.29, 1.82) is 0 Å². The van der Waals surface area contributed by atoms with Crippen molar-refractivity contribution < 1.29 is 23.7 Å². The number of rotatable bonds is 10. The highest BCUT2D eigenvalue weighted by atomic mass is 35.5. The highest BCUT2D eigenvalue weighted by Crippen LogP contribution is 2.42. The van der Waals surface area contributed by atoms with E-state index in [1.165, 1.54) is 19.8 Å². The Hall–Kier alpha value is -2.08. The van der Waals surface area contributed by atoms with Gasteiger partial charge >= 0.3 is 5.97 Å². The fourth-order valence-corrected chi connectivity index (χ4v) is 5.02. The zero-order chi connectivity index (χ0) is 24.9. The Morgan fingerprint density at radius 3 is 2.46 bits per heavy atom. The van der Waals surface area contributed by atoms with Gasteiger partial charge in [-0.1, -0.05) is 56.6 Å². The highest BCUT2D eigenvalue weighted by molar-refractivity contribution is 6.31. The highest BCUT2D eigenvalue weighted by Gasteiger charge is 2.43. The molecule has 0 bridgehead atoms. The average Bonchev–Trinajstić information content (AvgIpc) is 3.67. The maximum absolute atomic E-state index is 11.9. The maximum Gasteiger partial charge on any atom is 0.303 e. The predicted molar refractivity (Wildman–Crippen MR) is 137 cm³/mol. The first-order valence-electron chi connectivity index (χ1n) is 12.8. The second-order valence-corrected chi connectivity index (χ2v) is 10.3. The monoisotopic (exact) mass is 500 g/mol. The van der Waals surface area contributed by atoms with E-state index in [0.29, 0.717) is 36.7 Å². The number of hydrogen-bond acceptors (Lipinski definition) is 5. The zero-order valence-corrected chi connectivity index (χ0v) is 21.9. The number of carbonyl (C=O) groups excluding carboxylic acids is 1. The molecule has 0 N–H and O–H groups in total. The van der Waals surface area contributed by atoms with Gasteiger partial charge in [0.1, 0.15) is 24.6 Å². The first-order valence-corrected chi connectivity index (χ1v) is 13.2. The number of benzene rings is 2. The third-order valence-electron chi connectivity index (χ3n) is 7.20. The van der Waals surface area contributed by atoms with E-state index in [4.69, 9.17) is 30.5 Å². The molecule has 2 aliphatic rings. The number of ether oxygens (including phenoxy) is 4. The van der Waals surface area contributed by atoms with E-state index < -0.39 is 0 Å². The first kappa shape index (κ1) is 26.0. The van der Waals surface area contributed by atoms with E-state index in [9.17, 15) is 4.79 Å². The second-order valence-electron chi connectivity index (χ2n) is 9.89. The van der Waals surface area contributed by atoms with Crippen LogP contribution < -0.4 is 4.74 Å². The van der Waals surface area contributed by atoms with Gasteiger partial charge in [0.05, 0.1) is 18.8 Å². The summed E-state index contributed by atoms with van der Waals surface area (Å²) < 4.78 is 23.7. The molecule has 2 fully saturated rings. The van der Waals surface area contributed by atoms with Gasteiger partial charge in [0.2, 0.25) is 0 Å². The number of hydrogen-bond donors (Lipinski definition) is 0. The van der Waals surface area contributed by atoms with Crippen molar-refractivity contribution in [2.45, 2.75) is 77.8 Å². The van der Waals surface area contributed by atoms with E-state index in [1.807, 2.05) is 24.3 Å². The molecule has 1 aliphatic carbocycles. The van der Waals surface area contributed by atoms with Crippen LogP contribution in [0.25, 0.3) is 0 Å². The molecule has 0 aromatic heterocycles. The molecule has 0 unspecified atom stereocenters. The average molecular weight is 501 g/mol. The fourth-order valence-electron chi connectivity index (χ4n) is 4.84. The Bertz CT molecular complexity index is 987. The summed E-state index contributed by atoms with van der Waals surface area (Å²) in [6, 6.07) is 14.1. The molecule has 5 nitrogen and oxygen atoms in total. The van der Waals surface area contributed by atoms with Crippen LogP contribution in [0.3, 0.4) is 0 Å². The molecule has 1 saturated heterocycles. The van der Waals surface area contributed by atoms with Gasteiger partial charge in [-0.15, -0.1) is 0 Å². The van der Waals surface area contributed by atoms with Crippen molar-refractivity contribution in [1.82, 2.24) is 0 Å². The largest absolute Gasteiger partial charge is 0.491 e. The molecule has 6 heteroatoms. The van der Waals surface area contributed by atoms with Gasteiger partial charge in [-0.3, -0.25) is 4.79 Å². The smallest absolute Gasteiger partial charge is 0.303 e. The van der Waals surface area contributed by atoms with Gasteiger partial charge in [-0.2, -0.15) is 0 Å². The summed E-state index contributed by atoms with van der Waals surface area (Å²) >= 11 is 6.60. The van der Waals surface area contributed by atoms with Crippen molar-refractivity contribution in [3.05, 3.63) is 64.2 Å². The van der Waals surface area contributed by atoms with Gasteiger partial charge < -0.3 is 18.9 Å². The van der Waals surface area contributed by atoms with Crippen molar-refractivity contribution in [3.63, 3.8) is 0 Å². The second kappa shape index (κ2) is 11.8. The fraction of sp³-hybridized carbons (Fsp3) is 0.552. The van der Waals surface area contributed by atoms with Crippen LogP contribution in [-0.2, 0) is 25.4 Å². The van der Waals surface area contributed by atoms with Crippen LogP contribution in [0, 0.1) is 11.8 Å². The molecule has 35 heavy (non-hydrogen) atoms. The Labute approximate surface area is 214 Å². The van der Waals surface area contributed by atoms with Crippen molar-refractivity contribution in [2.24, 2.45) is 11.8 Å². The van der Waals surface area contributed by atoms with Gasteiger partial charge in [-0.05, 0) is 66.5 Å². The van der Waals surface area contributed by atoms with Gasteiger partial charge in [0.15, 0.2) is 0 Å². The molecular formula is C29H37ClO5. The lowest BCUT2D eigenvalue weighted by atomic mass is 9.78. The normalized spacial score (nSPS) is 26.4. The Kier molecular flexibility index (Phi) is 8.74. The summed E-state index contributed by atoms with van der Waals surface area (Å²) in [6.45, 7) is 9.10. The number of esters is 1. The molecule has 1 aliphatic heterocycles. The minimum Gasteiger partial charge on any atom is -0.491 e. The lowest BCUT2D eigenvalue weighted by Gasteiger charge is -2.44. The van der Waals surface area contributed by atoms with E-state index in [1.54, 1.807) is 0 Å². The van der Waals surface area contributed by atoms with E-state index in [0.717, 1.165) is 28.9 Å². The van der Waals surface area contributed by atoms with Gasteiger partial charge in [-0.25, -0.2) is 0 Å². The maximum atomic E-state index is 11.9. The summed E-state index contributed by atoms with van der Waals surface area (Å²) in [4.78, 5) is 11.9. The third kappa shape index (κ3) is 6.78. The minimum atomic E-state index is -0.334. The molecule has 1 heterocycles. The van der Waals surface area contributed by atoms with Gasteiger partial charge in [0, 0.05) is 17.9 Å². The van der Waals surface area contributed by atoms with Crippen molar-refractivity contribution >= 4 is 17.6 Å². The molecule has 190 valence electrons. The zero-order valence-electron chi connectivity index (χ0n) is 21.2. The molecule has 0 radical (unpaired) electrons. The molecule has 2 aromatic carbocycles. The molecule has 4 rings (SSSR count). The summed E-state index contributed by atoms with van der Waals surface area (Å²) in [5.41, 5.74) is 3.14. The standard InChI is InChI=1S/C29H37ClO5/c1-5-27-18(2)19(3)28(34-20(4)31)29(35-27)22-8-13-26(30)23(17-22)16-21-6-9-24(10-7-21)32-14-15-33-25-11-12-25/h6-10,13,17-19,25,27-29H,5,11-12,14-16H2,1-4H3/t18-,19-,27+,28+,29+/m0/s1. The van der Waals surface area contributed by atoms with Crippen LogP contribution in [0.2, 0.25) is 5.02 Å². The molecular weight excluding hydrogens is 464 g/mol. The number of halogens is 1.